The highest BCUT2D eigenvalue weighted by molar-refractivity contribution is 6.38. The number of ketones is 4. The van der Waals surface area contributed by atoms with Gasteiger partial charge in [-0.3, -0.25) is 19.2 Å². The van der Waals surface area contributed by atoms with E-state index in [0.29, 0.717) is 27.8 Å². The van der Waals surface area contributed by atoms with Crippen LogP contribution in [-0.2, 0) is 14.4 Å². The van der Waals surface area contributed by atoms with Gasteiger partial charge in [0.1, 0.15) is 17.3 Å². The predicted octanol–water partition coefficient (Wildman–Crippen LogP) is 7.10. The van der Waals surface area contributed by atoms with E-state index in [2.05, 4.69) is 0 Å². The molecule has 0 bridgehead atoms. The number of carbonyl (C=O) groups is 4. The number of hydrogen-bond donors (Lipinski definition) is 1. The van der Waals surface area contributed by atoms with Gasteiger partial charge in [0, 0.05) is 22.0 Å². The van der Waals surface area contributed by atoms with Crippen molar-refractivity contribution in [3.05, 3.63) is 74.3 Å². The first-order valence-corrected chi connectivity index (χ1v) is 13.0. The van der Waals surface area contributed by atoms with Crippen LogP contribution in [-0.4, -0.2) is 28.2 Å². The zero-order valence-corrected chi connectivity index (χ0v) is 25.0. The van der Waals surface area contributed by atoms with Gasteiger partial charge in [0.25, 0.3) is 0 Å². The van der Waals surface area contributed by atoms with Crippen LogP contribution in [0.1, 0.15) is 90.8 Å². The molecule has 38 heavy (non-hydrogen) atoms. The van der Waals surface area contributed by atoms with E-state index in [9.17, 15) is 24.3 Å². The number of allylic oxidation sites excluding steroid dienone is 1. The van der Waals surface area contributed by atoms with Crippen LogP contribution < -0.4 is 0 Å². The maximum atomic E-state index is 14.3. The fourth-order valence-electron chi connectivity index (χ4n) is 5.05. The average Bonchev–Trinajstić information content (AvgIpc) is 2.71. The zero-order valence-electron chi connectivity index (χ0n) is 25.0. The van der Waals surface area contributed by atoms with E-state index in [1.165, 1.54) is 0 Å². The molecule has 5 heteroatoms. The summed E-state index contributed by atoms with van der Waals surface area (Å²) in [6.07, 6.45) is 0. The van der Waals surface area contributed by atoms with Gasteiger partial charge in [0.2, 0.25) is 5.78 Å². The predicted molar refractivity (Wildman–Crippen MR) is 153 cm³/mol. The van der Waals surface area contributed by atoms with Crippen LogP contribution in [0, 0.1) is 58.3 Å². The molecule has 0 amide bonds. The van der Waals surface area contributed by atoms with Crippen molar-refractivity contribution >= 4 is 28.9 Å². The summed E-state index contributed by atoms with van der Waals surface area (Å²) >= 11 is 0. The Morgan fingerprint density at radius 3 is 1.24 bits per heavy atom. The molecular weight excluding hydrogens is 476 g/mol. The highest BCUT2D eigenvalue weighted by atomic mass is 16.3. The Hall–Kier alpha value is -3.34. The molecule has 0 spiro atoms. The highest BCUT2D eigenvalue weighted by Crippen LogP contribution is 2.34. The molecule has 0 heterocycles. The van der Waals surface area contributed by atoms with Crippen molar-refractivity contribution in [1.29, 1.82) is 0 Å². The molecule has 0 saturated carbocycles. The maximum absolute atomic E-state index is 14.3. The normalized spacial score (nSPS) is 12.9. The van der Waals surface area contributed by atoms with Gasteiger partial charge in [0.05, 0.1) is 0 Å². The minimum atomic E-state index is -1.73. The Kier molecular flexibility index (Phi) is 8.78. The number of rotatable bonds is 7. The summed E-state index contributed by atoms with van der Waals surface area (Å²) in [6, 6.07) is 7.37. The third-order valence-corrected chi connectivity index (χ3v) is 6.79. The lowest BCUT2D eigenvalue weighted by Crippen LogP contribution is -2.45. The van der Waals surface area contributed by atoms with E-state index in [-0.39, 0.29) is 5.56 Å². The molecule has 0 aliphatic rings. The molecule has 1 N–H and O–H groups in total. The first-order chi connectivity index (χ1) is 17.2. The average molecular weight is 519 g/mol. The monoisotopic (exact) mass is 518 g/mol. The SMILES string of the molecule is Cc1cc(C)c(C(=O)/C(C(=O)C(C(=O)C(C)(C)C)C(=O)C(C)(C)C)=C(/O)c2c(C)cc(C)cc2C)c(C)c1. The Morgan fingerprint density at radius 1 is 0.605 bits per heavy atom. The number of benzene rings is 2. The van der Waals surface area contributed by atoms with Crippen molar-refractivity contribution in [1.82, 2.24) is 0 Å². The van der Waals surface area contributed by atoms with E-state index in [0.717, 1.165) is 11.1 Å². The third kappa shape index (κ3) is 6.20. The topological polar surface area (TPSA) is 88.5 Å². The lowest BCUT2D eigenvalue weighted by atomic mass is 9.71. The fraction of sp³-hybridized carbons (Fsp3) is 0.455. The Morgan fingerprint density at radius 2 is 0.921 bits per heavy atom. The number of Topliss-reactive ketones (excluding diaryl/α,β-unsaturated/α-hetero) is 4. The lowest BCUT2D eigenvalue weighted by Gasteiger charge is -2.29. The van der Waals surface area contributed by atoms with Crippen LogP contribution in [0.15, 0.2) is 29.8 Å². The van der Waals surface area contributed by atoms with Gasteiger partial charge in [-0.25, -0.2) is 0 Å². The minimum Gasteiger partial charge on any atom is -0.506 e. The number of aliphatic hydroxyl groups is 1. The Labute approximate surface area is 227 Å². The molecule has 0 atom stereocenters. The molecule has 2 aromatic carbocycles. The summed E-state index contributed by atoms with van der Waals surface area (Å²) in [7, 11) is 0. The summed E-state index contributed by atoms with van der Waals surface area (Å²) in [5.41, 5.74) is 2.58. The molecule has 2 rings (SSSR count). The van der Waals surface area contributed by atoms with Crippen molar-refractivity contribution in [2.75, 3.05) is 0 Å². The van der Waals surface area contributed by atoms with Crippen molar-refractivity contribution < 1.29 is 24.3 Å². The molecule has 0 fully saturated rings. The second kappa shape index (κ2) is 10.8. The standard InChI is InChI=1S/C33H42O5/c1-17-13-19(3)23(20(4)14-17)27(34)25(28(35)24-21(5)15-18(2)16-22(24)6)29(36)26(30(37)32(7,8)9)31(38)33(10,11)12/h13-16,26,34H,1-12H3/b27-25-. The summed E-state index contributed by atoms with van der Waals surface area (Å²) in [5, 5.41) is 11.7. The number of aryl methyl sites for hydroxylation is 6. The van der Waals surface area contributed by atoms with Gasteiger partial charge in [0.15, 0.2) is 17.3 Å². The smallest absolute Gasteiger partial charge is 0.200 e. The lowest BCUT2D eigenvalue weighted by molar-refractivity contribution is -0.145. The molecule has 5 nitrogen and oxygen atoms in total. The molecule has 0 aliphatic carbocycles. The fourth-order valence-corrected chi connectivity index (χ4v) is 5.05. The van der Waals surface area contributed by atoms with Crippen LogP contribution in [0.4, 0.5) is 0 Å². The van der Waals surface area contributed by atoms with Crippen LogP contribution in [0.2, 0.25) is 0 Å². The second-order valence-electron chi connectivity index (χ2n) is 12.6. The Bertz CT molecular complexity index is 1280. The molecule has 204 valence electrons. The second-order valence-corrected chi connectivity index (χ2v) is 12.6. The van der Waals surface area contributed by atoms with Gasteiger partial charge in [-0.15, -0.1) is 0 Å². The summed E-state index contributed by atoms with van der Waals surface area (Å²) < 4.78 is 0. The maximum Gasteiger partial charge on any atom is 0.200 e. The van der Waals surface area contributed by atoms with Crippen molar-refractivity contribution in [3.63, 3.8) is 0 Å². The molecular formula is C33H42O5. The molecule has 0 saturated heterocycles. The van der Waals surface area contributed by atoms with Crippen molar-refractivity contribution in [3.8, 4) is 0 Å². The number of carbonyl (C=O) groups excluding carboxylic acids is 4. The van der Waals surface area contributed by atoms with Crippen molar-refractivity contribution in [2.45, 2.75) is 83.1 Å². The molecule has 2 aromatic rings. The van der Waals surface area contributed by atoms with E-state index in [1.54, 1.807) is 69.2 Å². The molecule has 0 aliphatic heterocycles. The van der Waals surface area contributed by atoms with Crippen molar-refractivity contribution in [2.24, 2.45) is 16.7 Å². The van der Waals surface area contributed by atoms with E-state index in [4.69, 9.17) is 0 Å². The van der Waals surface area contributed by atoms with E-state index in [1.807, 2.05) is 38.1 Å². The summed E-state index contributed by atoms with van der Waals surface area (Å²) in [5.74, 6) is -5.08. The van der Waals surface area contributed by atoms with Crippen LogP contribution >= 0.6 is 0 Å². The molecule has 0 aromatic heterocycles. The first-order valence-electron chi connectivity index (χ1n) is 13.0. The zero-order chi connectivity index (χ0) is 29.5. The summed E-state index contributed by atoms with van der Waals surface area (Å²) in [4.78, 5) is 55.8. The van der Waals surface area contributed by atoms with Gasteiger partial charge in [-0.05, 0) is 63.8 Å². The van der Waals surface area contributed by atoms with Crippen LogP contribution in [0.5, 0.6) is 0 Å². The van der Waals surface area contributed by atoms with Gasteiger partial charge in [-0.1, -0.05) is 76.9 Å². The minimum absolute atomic E-state index is 0.276. The Balaban J connectivity index is 3.03. The van der Waals surface area contributed by atoms with E-state index < -0.39 is 51.2 Å². The van der Waals surface area contributed by atoms with E-state index >= 15 is 0 Å². The van der Waals surface area contributed by atoms with Crippen LogP contribution in [0.3, 0.4) is 0 Å². The van der Waals surface area contributed by atoms with Gasteiger partial charge in [-0.2, -0.15) is 0 Å². The molecule has 0 radical (unpaired) electrons. The highest BCUT2D eigenvalue weighted by Gasteiger charge is 2.46. The first kappa shape index (κ1) is 30.9. The quantitative estimate of drug-likeness (QED) is 0.139. The largest absolute Gasteiger partial charge is 0.506 e. The molecule has 0 unspecified atom stereocenters. The summed E-state index contributed by atoms with van der Waals surface area (Å²) in [6.45, 7) is 20.8. The van der Waals surface area contributed by atoms with Gasteiger partial charge >= 0.3 is 0 Å². The number of aliphatic hydroxyl groups excluding tert-OH is 1. The van der Waals surface area contributed by atoms with Gasteiger partial charge < -0.3 is 5.11 Å². The third-order valence-electron chi connectivity index (χ3n) is 6.79. The number of hydrogen-bond acceptors (Lipinski definition) is 5. The van der Waals surface area contributed by atoms with Crippen LogP contribution in [0.25, 0.3) is 5.76 Å².